The van der Waals surface area contributed by atoms with Gasteiger partial charge in [-0.1, -0.05) is 54.1 Å². The van der Waals surface area contributed by atoms with Crippen LogP contribution in [0.4, 0.5) is 0 Å². The first-order chi connectivity index (χ1) is 17.3. The molecule has 36 heavy (non-hydrogen) atoms. The Kier molecular flexibility index (Phi) is 9.09. The van der Waals surface area contributed by atoms with Crippen molar-refractivity contribution in [1.82, 2.24) is 5.32 Å². The summed E-state index contributed by atoms with van der Waals surface area (Å²) < 4.78 is 11.6. The van der Waals surface area contributed by atoms with Crippen molar-refractivity contribution in [3.05, 3.63) is 99.6 Å². The Hall–Kier alpha value is -4.28. The minimum absolute atomic E-state index is 0.0801. The van der Waals surface area contributed by atoms with Crippen molar-refractivity contribution in [2.45, 2.75) is 26.5 Å². The number of nitrogens with zero attached hydrogens (tertiary/aromatic N) is 1. The summed E-state index contributed by atoms with van der Waals surface area (Å²) in [4.78, 5) is 23.8. The first-order valence-corrected chi connectivity index (χ1v) is 11.6. The van der Waals surface area contributed by atoms with Gasteiger partial charge in [-0.15, -0.1) is 0 Å². The molecule has 0 aliphatic carbocycles. The van der Waals surface area contributed by atoms with E-state index in [0.29, 0.717) is 23.7 Å². The highest BCUT2D eigenvalue weighted by Crippen LogP contribution is 2.38. The zero-order valence-electron chi connectivity index (χ0n) is 19.8. The molecule has 184 valence electrons. The van der Waals surface area contributed by atoms with Crippen LogP contribution in [0.2, 0.25) is 5.02 Å². The van der Waals surface area contributed by atoms with Gasteiger partial charge in [-0.3, -0.25) is 4.79 Å². The average Bonchev–Trinajstić information content (AvgIpc) is 2.87. The van der Waals surface area contributed by atoms with E-state index in [1.165, 1.54) is 18.2 Å². The quantitative estimate of drug-likeness (QED) is 0.267. The van der Waals surface area contributed by atoms with Crippen LogP contribution in [-0.2, 0) is 11.4 Å². The number of halogens is 1. The molecule has 3 aromatic carbocycles. The number of hydrogen-bond donors (Lipinski definition) is 2. The minimum Gasteiger partial charge on any atom is -0.490 e. The average molecular weight is 505 g/mol. The molecule has 7 nitrogen and oxygen atoms in total. The highest BCUT2D eigenvalue weighted by molar-refractivity contribution is 6.32. The lowest BCUT2D eigenvalue weighted by Gasteiger charge is -2.15. The minimum atomic E-state index is -1.01. The Morgan fingerprint density at radius 3 is 2.42 bits per heavy atom. The van der Waals surface area contributed by atoms with Crippen molar-refractivity contribution < 1.29 is 24.2 Å². The zero-order valence-corrected chi connectivity index (χ0v) is 20.6. The van der Waals surface area contributed by atoms with Gasteiger partial charge in [-0.2, -0.15) is 5.26 Å². The molecule has 8 heteroatoms. The van der Waals surface area contributed by atoms with E-state index in [2.05, 4.69) is 5.32 Å². The van der Waals surface area contributed by atoms with Crippen LogP contribution in [0.5, 0.6) is 11.5 Å². The fourth-order valence-electron chi connectivity index (χ4n) is 3.39. The molecule has 0 aliphatic rings. The fraction of sp³-hybridized carbons (Fsp3) is 0.179. The van der Waals surface area contributed by atoms with Crippen LogP contribution in [0, 0.1) is 11.3 Å². The largest absolute Gasteiger partial charge is 0.490 e. The molecule has 0 aliphatic heterocycles. The van der Waals surface area contributed by atoms with Gasteiger partial charge >= 0.3 is 5.97 Å². The first-order valence-electron chi connectivity index (χ1n) is 11.2. The number of aromatic carboxylic acids is 1. The molecule has 0 aromatic heterocycles. The summed E-state index contributed by atoms with van der Waals surface area (Å²) in [7, 11) is 0. The zero-order chi connectivity index (χ0) is 26.1. The molecule has 1 amide bonds. The van der Waals surface area contributed by atoms with Crippen molar-refractivity contribution in [3.8, 4) is 17.6 Å². The Labute approximate surface area is 214 Å². The second kappa shape index (κ2) is 12.4. The van der Waals surface area contributed by atoms with Crippen LogP contribution < -0.4 is 14.8 Å². The van der Waals surface area contributed by atoms with E-state index >= 15 is 0 Å². The number of hydrogen-bond acceptors (Lipinski definition) is 5. The molecule has 1 atom stereocenters. The van der Waals surface area contributed by atoms with Gasteiger partial charge in [0.15, 0.2) is 11.5 Å². The van der Waals surface area contributed by atoms with Gasteiger partial charge in [0.1, 0.15) is 18.2 Å². The molecule has 0 fully saturated rings. The van der Waals surface area contributed by atoms with E-state index in [1.54, 1.807) is 24.3 Å². The number of benzene rings is 3. The number of nitriles is 1. The highest BCUT2D eigenvalue weighted by Gasteiger charge is 2.16. The Bertz CT molecular complexity index is 1300. The summed E-state index contributed by atoms with van der Waals surface area (Å²) in [6.07, 6.45) is 1.44. The summed E-state index contributed by atoms with van der Waals surface area (Å²) >= 11 is 6.48. The van der Waals surface area contributed by atoms with Crippen molar-refractivity contribution in [3.63, 3.8) is 0 Å². The van der Waals surface area contributed by atoms with Gasteiger partial charge in [-0.05, 0) is 60.9 Å². The molecule has 0 saturated heterocycles. The van der Waals surface area contributed by atoms with E-state index in [-0.39, 0.29) is 28.8 Å². The van der Waals surface area contributed by atoms with Crippen LogP contribution in [0.25, 0.3) is 6.08 Å². The highest BCUT2D eigenvalue weighted by atomic mass is 35.5. The summed E-state index contributed by atoms with van der Waals surface area (Å²) in [6, 6.07) is 20.6. The van der Waals surface area contributed by atoms with Crippen LogP contribution in [0.3, 0.4) is 0 Å². The molecule has 3 aromatic rings. The molecular weight excluding hydrogens is 480 g/mol. The number of rotatable bonds is 10. The van der Waals surface area contributed by atoms with Crippen molar-refractivity contribution in [2.75, 3.05) is 6.61 Å². The topological polar surface area (TPSA) is 109 Å². The van der Waals surface area contributed by atoms with Gasteiger partial charge in [0.2, 0.25) is 0 Å². The number of carbonyl (C=O) groups excluding carboxylic acids is 1. The van der Waals surface area contributed by atoms with Gasteiger partial charge in [0.25, 0.3) is 5.91 Å². The molecule has 2 N–H and O–H groups in total. The maximum absolute atomic E-state index is 12.7. The number of carbonyl (C=O) groups is 2. The van der Waals surface area contributed by atoms with Gasteiger partial charge in [-0.25, -0.2) is 4.79 Å². The Morgan fingerprint density at radius 1 is 1.11 bits per heavy atom. The maximum Gasteiger partial charge on any atom is 0.335 e. The summed E-state index contributed by atoms with van der Waals surface area (Å²) in [6.45, 7) is 4.13. The third kappa shape index (κ3) is 6.87. The van der Waals surface area contributed by atoms with Crippen LogP contribution in [0.1, 0.15) is 46.9 Å². The third-order valence-electron chi connectivity index (χ3n) is 5.24. The number of carboxylic acid groups (broad SMARTS) is 1. The molecule has 3 rings (SSSR count). The lowest BCUT2D eigenvalue weighted by atomic mass is 10.1. The summed E-state index contributed by atoms with van der Waals surface area (Å²) in [5.41, 5.74) is 2.27. The molecule has 0 saturated carbocycles. The number of carboxylic acids is 1. The molecule has 0 radical (unpaired) electrons. The number of ether oxygens (including phenoxy) is 2. The predicted molar refractivity (Wildman–Crippen MR) is 137 cm³/mol. The fourth-order valence-corrected chi connectivity index (χ4v) is 3.66. The third-order valence-corrected chi connectivity index (χ3v) is 5.52. The van der Waals surface area contributed by atoms with Gasteiger partial charge in [0.05, 0.1) is 23.2 Å². The molecule has 0 spiro atoms. The summed E-state index contributed by atoms with van der Waals surface area (Å²) in [5, 5.41) is 21.7. The van der Waals surface area contributed by atoms with E-state index in [0.717, 1.165) is 11.1 Å². The maximum atomic E-state index is 12.7. The first kappa shape index (κ1) is 26.3. The lowest BCUT2D eigenvalue weighted by Crippen LogP contribution is -2.27. The van der Waals surface area contributed by atoms with Crippen LogP contribution >= 0.6 is 11.6 Å². The molecular formula is C28H25ClN2O5. The number of nitrogens with one attached hydrogen (secondary N) is 1. The van der Waals surface area contributed by atoms with Crippen molar-refractivity contribution in [1.29, 1.82) is 5.26 Å². The monoisotopic (exact) mass is 504 g/mol. The smallest absolute Gasteiger partial charge is 0.335 e. The van der Waals surface area contributed by atoms with Crippen molar-refractivity contribution >= 4 is 29.6 Å². The Balaban J connectivity index is 1.80. The van der Waals surface area contributed by atoms with Crippen molar-refractivity contribution in [2.24, 2.45) is 0 Å². The second-order valence-corrected chi connectivity index (χ2v) is 8.24. The normalized spacial score (nSPS) is 11.8. The predicted octanol–water partition coefficient (Wildman–Crippen LogP) is 5.80. The van der Waals surface area contributed by atoms with E-state index in [9.17, 15) is 14.9 Å². The second-order valence-electron chi connectivity index (χ2n) is 7.83. The van der Waals surface area contributed by atoms with E-state index in [1.807, 2.05) is 50.2 Å². The van der Waals surface area contributed by atoms with Crippen LogP contribution in [0.15, 0.2) is 72.3 Å². The van der Waals surface area contributed by atoms with Gasteiger partial charge in [0, 0.05) is 0 Å². The SMILES string of the molecule is CCOc1cc(/C=C(/C#N)C(=O)N[C@@H](C)c2ccccc2)cc(Cl)c1OCc1ccc(C(=O)O)cc1. The van der Waals surface area contributed by atoms with E-state index in [4.69, 9.17) is 26.2 Å². The number of amides is 1. The molecule has 0 unspecified atom stereocenters. The standard InChI is InChI=1S/C28H25ClN2O5/c1-3-35-25-15-20(13-23(16-30)27(32)31-18(2)21-7-5-4-6-8-21)14-24(29)26(25)36-17-19-9-11-22(12-10-19)28(33)34/h4-15,18H,3,17H2,1-2H3,(H,31,32)(H,33,34)/b23-13-/t18-/m0/s1. The molecule has 0 heterocycles. The van der Waals surface area contributed by atoms with E-state index < -0.39 is 11.9 Å². The van der Waals surface area contributed by atoms with Crippen LogP contribution in [-0.4, -0.2) is 23.6 Å². The Morgan fingerprint density at radius 2 is 1.81 bits per heavy atom. The molecule has 0 bridgehead atoms. The van der Waals surface area contributed by atoms with Gasteiger partial charge < -0.3 is 19.9 Å². The summed E-state index contributed by atoms with van der Waals surface area (Å²) in [5.74, 6) is -0.854. The lowest BCUT2D eigenvalue weighted by molar-refractivity contribution is -0.117.